The molecule has 0 aliphatic carbocycles. The molecule has 0 aromatic heterocycles. The quantitative estimate of drug-likeness (QED) is 0.596. The second kappa shape index (κ2) is 7.59. The fourth-order valence-electron chi connectivity index (χ4n) is 2.64. The summed E-state index contributed by atoms with van der Waals surface area (Å²) < 4.78 is 4.71. The molecule has 1 amide bonds. The molecule has 2 rings (SSSR count). The van der Waals surface area contributed by atoms with Gasteiger partial charge >= 0.3 is 5.97 Å². The average molecular weight is 304 g/mol. The van der Waals surface area contributed by atoms with Gasteiger partial charge in [0.1, 0.15) is 12.3 Å². The first-order chi connectivity index (χ1) is 10.7. The number of anilines is 1. The Morgan fingerprint density at radius 2 is 2.00 bits per heavy atom. The maximum atomic E-state index is 12.3. The van der Waals surface area contributed by atoms with Crippen LogP contribution in [-0.2, 0) is 19.1 Å². The molecule has 1 atom stereocenters. The largest absolute Gasteiger partial charge is 0.467 e. The molecule has 6 nitrogen and oxygen atoms in total. The zero-order valence-electron chi connectivity index (χ0n) is 12.6. The van der Waals surface area contributed by atoms with Crippen LogP contribution in [0.1, 0.15) is 12.8 Å². The summed E-state index contributed by atoms with van der Waals surface area (Å²) >= 11 is 0. The Morgan fingerprint density at radius 3 is 2.64 bits per heavy atom. The van der Waals surface area contributed by atoms with Gasteiger partial charge in [-0.2, -0.15) is 0 Å². The van der Waals surface area contributed by atoms with Crippen LogP contribution in [0, 0.1) is 0 Å². The van der Waals surface area contributed by atoms with Gasteiger partial charge in [0.15, 0.2) is 0 Å². The predicted molar refractivity (Wildman–Crippen MR) is 81.5 cm³/mol. The summed E-state index contributed by atoms with van der Waals surface area (Å²) in [4.78, 5) is 38.5. The minimum Gasteiger partial charge on any atom is -0.467 e. The van der Waals surface area contributed by atoms with Crippen LogP contribution in [0.3, 0.4) is 0 Å². The highest BCUT2D eigenvalue weighted by Crippen LogP contribution is 2.18. The van der Waals surface area contributed by atoms with Gasteiger partial charge in [-0.1, -0.05) is 18.2 Å². The van der Waals surface area contributed by atoms with Gasteiger partial charge in [-0.3, -0.25) is 4.79 Å². The summed E-state index contributed by atoms with van der Waals surface area (Å²) in [6.07, 6.45) is 0.916. The van der Waals surface area contributed by atoms with Crippen molar-refractivity contribution in [2.45, 2.75) is 18.9 Å². The minimum atomic E-state index is -0.828. The van der Waals surface area contributed by atoms with Gasteiger partial charge in [-0.15, -0.1) is 0 Å². The molecular weight excluding hydrogens is 284 g/mol. The average Bonchev–Trinajstić information content (AvgIpc) is 2.75. The fraction of sp³-hybridized carbons (Fsp3) is 0.438. The molecule has 1 aromatic carbocycles. The Morgan fingerprint density at radius 1 is 1.27 bits per heavy atom. The first kappa shape index (κ1) is 16.0. The predicted octanol–water partition coefficient (Wildman–Crippen LogP) is 0.856. The van der Waals surface area contributed by atoms with Gasteiger partial charge < -0.3 is 19.3 Å². The van der Waals surface area contributed by atoms with Crippen molar-refractivity contribution in [2.75, 3.05) is 31.6 Å². The molecule has 1 aromatic rings. The molecule has 1 heterocycles. The molecular formula is C16H20N2O4. The molecule has 6 heteroatoms. The van der Waals surface area contributed by atoms with Gasteiger partial charge in [0.25, 0.3) is 0 Å². The summed E-state index contributed by atoms with van der Waals surface area (Å²) in [5.41, 5.74) is 1.04. The van der Waals surface area contributed by atoms with E-state index in [0.29, 0.717) is 32.3 Å². The number of aldehydes is 1. The lowest BCUT2D eigenvalue weighted by Crippen LogP contribution is -2.46. The second-order valence-corrected chi connectivity index (χ2v) is 5.10. The third-order valence-corrected chi connectivity index (χ3v) is 3.82. The molecule has 1 saturated heterocycles. The monoisotopic (exact) mass is 304 g/mol. The van der Waals surface area contributed by atoms with Gasteiger partial charge in [-0.25, -0.2) is 4.79 Å². The Bertz CT molecular complexity index is 532. The third kappa shape index (κ3) is 3.63. The lowest BCUT2D eigenvalue weighted by Gasteiger charge is -2.28. The van der Waals surface area contributed by atoms with Gasteiger partial charge in [0.2, 0.25) is 5.91 Å². The number of hydrogen-bond acceptors (Lipinski definition) is 5. The lowest BCUT2D eigenvalue weighted by molar-refractivity contribution is -0.153. The van der Waals surface area contributed by atoms with Gasteiger partial charge in [0.05, 0.1) is 7.11 Å². The molecule has 0 spiro atoms. The molecule has 0 bridgehead atoms. The van der Waals surface area contributed by atoms with E-state index in [1.807, 2.05) is 30.3 Å². The van der Waals surface area contributed by atoms with Crippen LogP contribution in [0.5, 0.6) is 0 Å². The van der Waals surface area contributed by atoms with E-state index in [4.69, 9.17) is 4.74 Å². The lowest BCUT2D eigenvalue weighted by atomic mass is 10.1. The van der Waals surface area contributed by atoms with Crippen LogP contribution in [0.4, 0.5) is 5.69 Å². The van der Waals surface area contributed by atoms with E-state index in [2.05, 4.69) is 4.90 Å². The fourth-order valence-corrected chi connectivity index (χ4v) is 2.64. The summed E-state index contributed by atoms with van der Waals surface area (Å²) in [7, 11) is 1.26. The van der Waals surface area contributed by atoms with Crippen molar-refractivity contribution in [1.29, 1.82) is 0 Å². The van der Waals surface area contributed by atoms with E-state index in [0.717, 1.165) is 5.69 Å². The SMILES string of the molecule is COC(=O)[C@H](CC=O)N1CCN(c2ccccc2)CCC1=O. The van der Waals surface area contributed by atoms with Crippen molar-refractivity contribution in [3.8, 4) is 0 Å². The number of benzene rings is 1. The molecule has 0 N–H and O–H groups in total. The zero-order valence-corrected chi connectivity index (χ0v) is 12.6. The molecule has 22 heavy (non-hydrogen) atoms. The number of rotatable bonds is 5. The molecule has 1 fully saturated rings. The number of nitrogens with zero attached hydrogens (tertiary/aromatic N) is 2. The molecule has 0 radical (unpaired) electrons. The van der Waals surface area contributed by atoms with E-state index in [1.165, 1.54) is 12.0 Å². The van der Waals surface area contributed by atoms with Crippen LogP contribution >= 0.6 is 0 Å². The van der Waals surface area contributed by atoms with Crippen LogP contribution in [0.2, 0.25) is 0 Å². The highest BCUT2D eigenvalue weighted by molar-refractivity contribution is 5.86. The van der Waals surface area contributed by atoms with E-state index >= 15 is 0 Å². The van der Waals surface area contributed by atoms with Crippen molar-refractivity contribution in [3.05, 3.63) is 30.3 Å². The maximum Gasteiger partial charge on any atom is 0.329 e. The zero-order chi connectivity index (χ0) is 15.9. The first-order valence-electron chi connectivity index (χ1n) is 7.28. The Labute approximate surface area is 129 Å². The third-order valence-electron chi connectivity index (χ3n) is 3.82. The normalized spacial score (nSPS) is 16.9. The number of para-hydroxylation sites is 1. The number of methoxy groups -OCH3 is 1. The summed E-state index contributed by atoms with van der Waals surface area (Å²) in [5, 5.41) is 0. The van der Waals surface area contributed by atoms with E-state index in [9.17, 15) is 14.4 Å². The van der Waals surface area contributed by atoms with Crippen molar-refractivity contribution in [2.24, 2.45) is 0 Å². The van der Waals surface area contributed by atoms with Gasteiger partial charge in [-0.05, 0) is 12.1 Å². The molecule has 0 saturated carbocycles. The number of esters is 1. The van der Waals surface area contributed by atoms with Crippen LogP contribution in [0.15, 0.2) is 30.3 Å². The standard InChI is InChI=1S/C16H20N2O4/c1-22-16(21)14(8-12-19)18-11-10-17(9-7-15(18)20)13-5-3-2-4-6-13/h2-6,12,14H,7-11H2,1H3/t14-/m0/s1. The minimum absolute atomic E-state index is 0.0379. The van der Waals surface area contributed by atoms with Crippen molar-refractivity contribution < 1.29 is 19.1 Å². The molecule has 0 unspecified atom stereocenters. The summed E-state index contributed by atoms with van der Waals surface area (Å²) in [5.74, 6) is -0.677. The summed E-state index contributed by atoms with van der Waals surface area (Å²) in [6, 6.07) is 8.99. The summed E-state index contributed by atoms with van der Waals surface area (Å²) in [6.45, 7) is 1.60. The van der Waals surface area contributed by atoms with Crippen molar-refractivity contribution in [1.82, 2.24) is 4.90 Å². The van der Waals surface area contributed by atoms with Gasteiger partial charge in [0, 0.05) is 38.2 Å². The van der Waals surface area contributed by atoms with E-state index < -0.39 is 12.0 Å². The second-order valence-electron chi connectivity index (χ2n) is 5.10. The highest BCUT2D eigenvalue weighted by Gasteiger charge is 2.32. The maximum absolute atomic E-state index is 12.3. The Hall–Kier alpha value is -2.37. The van der Waals surface area contributed by atoms with Crippen LogP contribution in [-0.4, -0.2) is 55.8 Å². The van der Waals surface area contributed by atoms with E-state index in [-0.39, 0.29) is 12.3 Å². The Kier molecular flexibility index (Phi) is 5.52. The number of hydrogen-bond donors (Lipinski definition) is 0. The molecule has 1 aliphatic heterocycles. The topological polar surface area (TPSA) is 66.9 Å². The smallest absolute Gasteiger partial charge is 0.329 e. The molecule has 118 valence electrons. The van der Waals surface area contributed by atoms with Crippen LogP contribution in [0.25, 0.3) is 0 Å². The Balaban J connectivity index is 2.13. The number of carbonyl (C=O) groups excluding carboxylic acids is 3. The van der Waals surface area contributed by atoms with Crippen molar-refractivity contribution in [3.63, 3.8) is 0 Å². The highest BCUT2D eigenvalue weighted by atomic mass is 16.5. The first-order valence-corrected chi connectivity index (χ1v) is 7.28. The number of ether oxygens (including phenoxy) is 1. The molecule has 1 aliphatic rings. The van der Waals surface area contributed by atoms with Crippen LogP contribution < -0.4 is 4.90 Å². The van der Waals surface area contributed by atoms with Crippen molar-refractivity contribution >= 4 is 23.9 Å². The number of carbonyl (C=O) groups is 3. The number of amides is 1. The van der Waals surface area contributed by atoms with E-state index in [1.54, 1.807) is 0 Å².